The predicted molar refractivity (Wildman–Crippen MR) is 191 cm³/mol. The number of nitriles is 1. The van der Waals surface area contributed by atoms with Crippen molar-refractivity contribution in [3.8, 4) is 6.07 Å². The zero-order valence-corrected chi connectivity index (χ0v) is 32.0. The lowest BCUT2D eigenvalue weighted by Crippen LogP contribution is -2.50. The summed E-state index contributed by atoms with van der Waals surface area (Å²) in [6, 6.07) is 12.9. The fourth-order valence-corrected chi connectivity index (χ4v) is 6.91. The largest absolute Gasteiger partial charge is 0.464 e. The Balaban J connectivity index is 1.74. The molecule has 288 valence electrons. The van der Waals surface area contributed by atoms with Crippen LogP contribution < -0.4 is 10.8 Å². The normalized spacial score (nSPS) is 21.7. The van der Waals surface area contributed by atoms with E-state index in [2.05, 4.69) is 15.2 Å². The van der Waals surface area contributed by atoms with E-state index in [0.717, 1.165) is 12.8 Å². The van der Waals surface area contributed by atoms with Crippen molar-refractivity contribution in [1.29, 1.82) is 5.26 Å². The van der Waals surface area contributed by atoms with Crippen LogP contribution in [0.5, 0.6) is 0 Å². The summed E-state index contributed by atoms with van der Waals surface area (Å²) in [7, 11) is -4.51. The maximum atomic E-state index is 14.5. The van der Waals surface area contributed by atoms with Gasteiger partial charge in [-0.15, -0.1) is 0 Å². The van der Waals surface area contributed by atoms with Crippen molar-refractivity contribution in [3.63, 3.8) is 0 Å². The van der Waals surface area contributed by atoms with Crippen molar-refractivity contribution in [2.45, 2.75) is 97.9 Å². The van der Waals surface area contributed by atoms with Gasteiger partial charge in [0, 0.05) is 0 Å². The number of nitrogen functional groups attached to an aromatic ring is 1. The topological polar surface area (TPSA) is 216 Å². The highest BCUT2D eigenvalue weighted by Gasteiger charge is 2.62. The molecule has 4 rings (SSSR count). The minimum atomic E-state index is -4.51. The van der Waals surface area contributed by atoms with Crippen LogP contribution in [0.2, 0.25) is 0 Å². The number of ether oxygens (including phenoxy) is 4. The number of carbonyl (C=O) groups is 3. The quantitative estimate of drug-likeness (QED) is 0.0983. The summed E-state index contributed by atoms with van der Waals surface area (Å²) in [4.78, 5) is 43.4. The van der Waals surface area contributed by atoms with E-state index in [-0.39, 0.29) is 30.6 Å². The zero-order valence-electron chi connectivity index (χ0n) is 31.1. The lowest BCUT2D eigenvalue weighted by molar-refractivity contribution is -0.173. The predicted octanol–water partition coefficient (Wildman–Crippen LogP) is 5.08. The van der Waals surface area contributed by atoms with Crippen LogP contribution in [-0.2, 0) is 53.6 Å². The van der Waals surface area contributed by atoms with E-state index in [1.165, 1.54) is 17.8 Å². The highest BCUT2D eigenvalue weighted by molar-refractivity contribution is 7.51. The molecule has 0 amide bonds. The molecule has 0 aliphatic carbocycles. The van der Waals surface area contributed by atoms with Crippen molar-refractivity contribution in [3.05, 3.63) is 60.0 Å². The highest BCUT2D eigenvalue weighted by atomic mass is 31.2. The van der Waals surface area contributed by atoms with E-state index in [1.807, 2.05) is 19.9 Å². The molecule has 1 fully saturated rings. The molecule has 6 atom stereocenters. The number of nitrogens with zero attached hydrogens (tertiary/aromatic N) is 4. The molecular weight excluding hydrogens is 707 g/mol. The monoisotopic (exact) mass is 756 g/mol. The van der Waals surface area contributed by atoms with E-state index < -0.39 is 74.1 Å². The van der Waals surface area contributed by atoms with Gasteiger partial charge >= 0.3 is 25.7 Å². The highest BCUT2D eigenvalue weighted by Crippen LogP contribution is 2.50. The second kappa shape index (κ2) is 18.1. The van der Waals surface area contributed by atoms with Crippen LogP contribution in [0.4, 0.5) is 5.82 Å². The molecule has 3 aromatic rings. The van der Waals surface area contributed by atoms with E-state index in [4.69, 9.17) is 33.7 Å². The van der Waals surface area contributed by atoms with Gasteiger partial charge in [-0.3, -0.25) is 23.4 Å². The maximum Gasteiger partial charge on any atom is 0.406 e. The van der Waals surface area contributed by atoms with Crippen LogP contribution in [-0.4, -0.2) is 69.6 Å². The molecule has 1 aromatic carbocycles. The summed E-state index contributed by atoms with van der Waals surface area (Å²) in [5, 5.41) is 17.8. The first-order chi connectivity index (χ1) is 25.2. The van der Waals surface area contributed by atoms with Gasteiger partial charge in [0.25, 0.3) is 0 Å². The Bertz CT molecular complexity index is 1810. The molecule has 0 spiro atoms. The molecule has 1 aliphatic rings. The third-order valence-corrected chi connectivity index (χ3v) is 10.5. The third-order valence-electron chi connectivity index (χ3n) is 8.84. The molecule has 1 unspecified atom stereocenters. The fraction of sp³-hybridized carbons (Fsp3) is 0.556. The number of benzene rings is 1. The Morgan fingerprint density at radius 2 is 1.66 bits per heavy atom. The van der Waals surface area contributed by atoms with Gasteiger partial charge in [-0.05, 0) is 30.5 Å². The molecule has 3 heterocycles. The second-order valence-electron chi connectivity index (χ2n) is 13.5. The number of fused-ring (bicyclic) bond motifs is 1. The van der Waals surface area contributed by atoms with Crippen molar-refractivity contribution in [1.82, 2.24) is 19.7 Å². The summed E-state index contributed by atoms with van der Waals surface area (Å²) in [5.74, 6) is -3.08. The van der Waals surface area contributed by atoms with E-state index >= 15 is 0 Å². The first-order valence-electron chi connectivity index (χ1n) is 17.6. The maximum absolute atomic E-state index is 14.5. The molecule has 3 N–H and O–H groups in total. The second-order valence-corrected chi connectivity index (χ2v) is 15.3. The number of aromatic nitrogens is 3. The standard InChI is InChI=1S/C36H49N6O10P/c1-8-25(9-2)17-47-35(45)24(7)41-53(46,48-18-26-13-11-10-12-14-26)49-20-36(19-37)31(51-34(44)23(5)6)30(50-33(43)22(3)4)29(52-36)27-15-16-28-32(38)39-21-40-42(27)28/h10-16,21-25,29-31H,8-9,17-18,20H2,1-7H3,(H,41,46)(H2,38,39,40)/t24-,29-,30-,31-,36+,53?/m0/s1. The van der Waals surface area contributed by atoms with Crippen LogP contribution in [0, 0.1) is 29.1 Å². The summed E-state index contributed by atoms with van der Waals surface area (Å²) in [6.45, 7) is 11.0. The lowest BCUT2D eigenvalue weighted by atomic mass is 9.95. The number of esters is 3. The summed E-state index contributed by atoms with van der Waals surface area (Å²) in [5.41, 5.74) is 5.16. The molecule has 0 saturated carbocycles. The third kappa shape index (κ3) is 9.98. The number of hydrogen-bond donors (Lipinski definition) is 2. The zero-order chi connectivity index (χ0) is 38.9. The van der Waals surface area contributed by atoms with Crippen molar-refractivity contribution in [2.75, 3.05) is 18.9 Å². The molecule has 0 radical (unpaired) electrons. The van der Waals surface area contributed by atoms with Gasteiger partial charge < -0.3 is 24.7 Å². The number of rotatable bonds is 18. The number of anilines is 1. The minimum absolute atomic E-state index is 0.146. The summed E-state index contributed by atoms with van der Waals surface area (Å²) in [6.07, 6.45) is -1.47. The number of carbonyl (C=O) groups excluding carboxylic acids is 3. The SMILES string of the molecule is CCC(CC)COC(=O)[C@H](C)NP(=O)(OCc1ccccc1)OC[C@@]1(C#N)O[C@@H](c2ccc3c(N)ncnn23)[C@H](OC(=O)C(C)C)[C@@H]1OC(=O)C(C)C. The Morgan fingerprint density at radius 3 is 2.28 bits per heavy atom. The average Bonchev–Trinajstić information content (AvgIpc) is 3.70. The Kier molecular flexibility index (Phi) is 14.1. The van der Waals surface area contributed by atoms with Crippen molar-refractivity contribution >= 4 is 37.0 Å². The van der Waals surface area contributed by atoms with Gasteiger partial charge in [0.1, 0.15) is 36.7 Å². The Morgan fingerprint density at radius 1 is 1.00 bits per heavy atom. The minimum Gasteiger partial charge on any atom is -0.464 e. The van der Waals surface area contributed by atoms with Crippen LogP contribution >= 0.6 is 7.75 Å². The van der Waals surface area contributed by atoms with Crippen molar-refractivity contribution in [2.24, 2.45) is 17.8 Å². The van der Waals surface area contributed by atoms with Gasteiger partial charge in [0.05, 0.1) is 30.7 Å². The first kappa shape index (κ1) is 41.4. The fourth-order valence-electron chi connectivity index (χ4n) is 5.42. The number of nitrogens with two attached hydrogens (primary N) is 1. The molecule has 17 heteroatoms. The number of hydrogen-bond acceptors (Lipinski definition) is 14. The van der Waals surface area contributed by atoms with Crippen molar-refractivity contribution < 1.29 is 46.9 Å². The van der Waals surface area contributed by atoms with Crippen LogP contribution in [0.1, 0.15) is 78.7 Å². The molecule has 53 heavy (non-hydrogen) atoms. The molecule has 1 aliphatic heterocycles. The number of nitrogens with one attached hydrogen (secondary N) is 1. The van der Waals surface area contributed by atoms with Crippen LogP contribution in [0.25, 0.3) is 5.52 Å². The van der Waals surface area contributed by atoms with Gasteiger partial charge in [0.2, 0.25) is 5.60 Å². The van der Waals surface area contributed by atoms with Gasteiger partial charge in [0.15, 0.2) is 18.0 Å². The Labute approximate surface area is 309 Å². The molecule has 16 nitrogen and oxygen atoms in total. The van der Waals surface area contributed by atoms with E-state index in [9.17, 15) is 24.2 Å². The average molecular weight is 757 g/mol. The molecule has 1 saturated heterocycles. The van der Waals surface area contributed by atoms with Crippen LogP contribution in [0.3, 0.4) is 0 Å². The van der Waals surface area contributed by atoms with E-state index in [0.29, 0.717) is 11.1 Å². The Hall–Kier alpha value is -4.39. The summed E-state index contributed by atoms with van der Waals surface area (Å²) < 4.78 is 51.4. The lowest BCUT2D eigenvalue weighted by Gasteiger charge is -2.31. The summed E-state index contributed by atoms with van der Waals surface area (Å²) >= 11 is 0. The first-order valence-corrected chi connectivity index (χ1v) is 19.2. The smallest absolute Gasteiger partial charge is 0.406 e. The van der Waals surface area contributed by atoms with Gasteiger partial charge in [-0.1, -0.05) is 84.7 Å². The molecule has 2 aromatic heterocycles. The van der Waals surface area contributed by atoms with Gasteiger partial charge in [-0.2, -0.15) is 10.4 Å². The van der Waals surface area contributed by atoms with Gasteiger partial charge in [-0.25, -0.2) is 19.2 Å². The van der Waals surface area contributed by atoms with Crippen LogP contribution in [0.15, 0.2) is 48.8 Å². The molecule has 0 bridgehead atoms. The van der Waals surface area contributed by atoms with E-state index in [1.54, 1.807) is 70.2 Å². The molecular formula is C36H49N6O10P.